The van der Waals surface area contributed by atoms with Gasteiger partial charge in [0, 0.05) is 35.6 Å². The molecule has 1 aromatic heterocycles. The van der Waals surface area contributed by atoms with Gasteiger partial charge in [0.25, 0.3) is 5.91 Å². The van der Waals surface area contributed by atoms with Crippen molar-refractivity contribution >= 4 is 28.4 Å². The summed E-state index contributed by atoms with van der Waals surface area (Å²) in [6.45, 7) is 6.98. The van der Waals surface area contributed by atoms with Crippen LogP contribution in [0.25, 0.3) is 10.9 Å². The molecule has 2 aromatic rings. The number of benzene rings is 1. The number of aryl methyl sites for hydroxylation is 2. The molecule has 0 atom stereocenters. The largest absolute Gasteiger partial charge is 0.337 e. The summed E-state index contributed by atoms with van der Waals surface area (Å²) < 4.78 is 2.12. The third-order valence-electron chi connectivity index (χ3n) is 5.35. The minimum atomic E-state index is 0.122. The number of nitrogens with zero attached hydrogens (tertiary/aromatic N) is 3. The quantitative estimate of drug-likeness (QED) is 0.845. The molecule has 1 aromatic carbocycles. The Kier molecular flexibility index (Phi) is 4.88. The van der Waals surface area contributed by atoms with Gasteiger partial charge < -0.3 is 14.4 Å². The number of amides is 1. The van der Waals surface area contributed by atoms with Crippen molar-refractivity contribution in [1.82, 2.24) is 14.4 Å². The summed E-state index contributed by atoms with van der Waals surface area (Å²) in [6.07, 6.45) is 2.08. The van der Waals surface area contributed by atoms with E-state index in [1.165, 1.54) is 0 Å². The highest BCUT2D eigenvalue weighted by molar-refractivity contribution is 6.31. The molecule has 0 radical (unpaired) electrons. The van der Waals surface area contributed by atoms with Crippen molar-refractivity contribution in [3.05, 3.63) is 34.5 Å². The Labute approximate surface area is 149 Å². The van der Waals surface area contributed by atoms with Crippen LogP contribution in [0.5, 0.6) is 0 Å². The lowest BCUT2D eigenvalue weighted by Crippen LogP contribution is -2.45. The van der Waals surface area contributed by atoms with E-state index in [2.05, 4.69) is 23.4 Å². The molecule has 0 aliphatic carbocycles. The molecule has 1 fully saturated rings. The van der Waals surface area contributed by atoms with E-state index < -0.39 is 0 Å². The topological polar surface area (TPSA) is 28.5 Å². The van der Waals surface area contributed by atoms with Gasteiger partial charge in [-0.3, -0.25) is 4.79 Å². The van der Waals surface area contributed by atoms with E-state index in [4.69, 9.17) is 11.6 Å². The Morgan fingerprint density at radius 1 is 1.33 bits per heavy atom. The van der Waals surface area contributed by atoms with E-state index in [9.17, 15) is 4.79 Å². The lowest BCUT2D eigenvalue weighted by Gasteiger charge is -2.35. The van der Waals surface area contributed by atoms with Gasteiger partial charge in [-0.1, -0.05) is 11.6 Å². The highest BCUT2D eigenvalue weighted by atomic mass is 35.5. The van der Waals surface area contributed by atoms with E-state index in [-0.39, 0.29) is 5.91 Å². The zero-order valence-electron chi connectivity index (χ0n) is 15.0. The van der Waals surface area contributed by atoms with Gasteiger partial charge in [-0.25, -0.2) is 0 Å². The molecule has 0 N–H and O–H groups in total. The van der Waals surface area contributed by atoms with Crippen molar-refractivity contribution in [3.63, 3.8) is 0 Å². The van der Waals surface area contributed by atoms with Gasteiger partial charge >= 0.3 is 0 Å². The molecule has 2 heterocycles. The van der Waals surface area contributed by atoms with Gasteiger partial charge in [0.05, 0.1) is 0 Å². The maximum Gasteiger partial charge on any atom is 0.270 e. The highest BCUT2D eigenvalue weighted by Crippen LogP contribution is 2.30. The molecule has 130 valence electrons. The second kappa shape index (κ2) is 6.77. The fourth-order valence-corrected chi connectivity index (χ4v) is 3.99. The van der Waals surface area contributed by atoms with E-state index in [1.807, 2.05) is 37.1 Å². The fourth-order valence-electron chi connectivity index (χ4n) is 3.81. The predicted molar refractivity (Wildman–Crippen MR) is 100.0 cm³/mol. The van der Waals surface area contributed by atoms with Gasteiger partial charge in [0.2, 0.25) is 0 Å². The van der Waals surface area contributed by atoms with Crippen molar-refractivity contribution in [1.29, 1.82) is 0 Å². The maximum atomic E-state index is 13.2. The molecule has 1 saturated heterocycles. The first-order valence-corrected chi connectivity index (χ1v) is 9.05. The van der Waals surface area contributed by atoms with Crippen LogP contribution in [0.2, 0.25) is 5.02 Å². The smallest absolute Gasteiger partial charge is 0.270 e. The molecule has 0 bridgehead atoms. The number of rotatable bonds is 3. The second-order valence-electron chi connectivity index (χ2n) is 6.83. The standard InChI is InChI=1S/C19H26ClN3O/c1-5-23-17-7-6-14(20)12-16(17)13(2)18(23)19(24)22(4)15-8-10-21(3)11-9-15/h6-7,12,15H,5,8-11H2,1-4H3. The Balaban J connectivity index is 1.98. The van der Waals surface area contributed by atoms with Crippen molar-refractivity contribution < 1.29 is 4.79 Å². The van der Waals surface area contributed by atoms with Crippen molar-refractivity contribution in [2.24, 2.45) is 0 Å². The van der Waals surface area contributed by atoms with Crippen LogP contribution in [0.3, 0.4) is 0 Å². The number of carbonyl (C=O) groups is 1. The Bertz CT molecular complexity index is 760. The molecule has 5 heteroatoms. The van der Waals surface area contributed by atoms with Gasteiger partial charge in [-0.2, -0.15) is 0 Å². The number of fused-ring (bicyclic) bond motifs is 1. The number of hydrogen-bond acceptors (Lipinski definition) is 2. The number of likely N-dealkylation sites (tertiary alicyclic amines) is 1. The van der Waals surface area contributed by atoms with E-state index in [1.54, 1.807) is 0 Å². The summed E-state index contributed by atoms with van der Waals surface area (Å²) in [4.78, 5) is 17.5. The molecular formula is C19H26ClN3O. The summed E-state index contributed by atoms with van der Waals surface area (Å²) in [5.74, 6) is 0.122. The zero-order valence-corrected chi connectivity index (χ0v) is 15.7. The minimum Gasteiger partial charge on any atom is -0.337 e. The number of aromatic nitrogens is 1. The molecule has 0 saturated carbocycles. The van der Waals surface area contributed by atoms with Crippen LogP contribution in [-0.4, -0.2) is 53.5 Å². The van der Waals surface area contributed by atoms with Crippen LogP contribution in [0.4, 0.5) is 0 Å². The second-order valence-corrected chi connectivity index (χ2v) is 7.27. The molecule has 1 amide bonds. The molecule has 24 heavy (non-hydrogen) atoms. The zero-order chi connectivity index (χ0) is 17.4. The lowest BCUT2D eigenvalue weighted by molar-refractivity contribution is 0.0649. The van der Waals surface area contributed by atoms with Gasteiger partial charge in [-0.05, 0) is 70.6 Å². The first-order chi connectivity index (χ1) is 11.4. The SMILES string of the molecule is CCn1c(C(=O)N(C)C2CCN(C)CC2)c(C)c2cc(Cl)ccc21. The van der Waals surface area contributed by atoms with Crippen LogP contribution in [-0.2, 0) is 6.54 Å². The van der Waals surface area contributed by atoms with Crippen LogP contribution >= 0.6 is 11.6 Å². The van der Waals surface area contributed by atoms with Crippen molar-refractivity contribution in [2.75, 3.05) is 27.2 Å². The number of piperidine rings is 1. The lowest BCUT2D eigenvalue weighted by atomic mass is 10.0. The normalized spacial score (nSPS) is 16.7. The van der Waals surface area contributed by atoms with E-state index in [0.29, 0.717) is 11.1 Å². The maximum absolute atomic E-state index is 13.2. The molecular weight excluding hydrogens is 322 g/mol. The van der Waals surface area contributed by atoms with Crippen LogP contribution in [0.15, 0.2) is 18.2 Å². The average molecular weight is 348 g/mol. The fraction of sp³-hybridized carbons (Fsp3) is 0.526. The monoisotopic (exact) mass is 347 g/mol. The summed E-state index contributed by atoms with van der Waals surface area (Å²) in [5, 5.41) is 1.78. The molecule has 1 aliphatic rings. The van der Waals surface area contributed by atoms with Crippen molar-refractivity contribution in [2.45, 2.75) is 39.3 Å². The number of halogens is 1. The Morgan fingerprint density at radius 2 is 2.00 bits per heavy atom. The number of hydrogen-bond donors (Lipinski definition) is 0. The molecule has 0 unspecified atom stereocenters. The van der Waals surface area contributed by atoms with Gasteiger partial charge in [0.1, 0.15) is 5.69 Å². The predicted octanol–water partition coefficient (Wildman–Crippen LogP) is 3.79. The van der Waals surface area contributed by atoms with Crippen LogP contribution in [0, 0.1) is 6.92 Å². The number of carbonyl (C=O) groups excluding carboxylic acids is 1. The summed E-state index contributed by atoms with van der Waals surface area (Å²) in [7, 11) is 4.09. The third kappa shape index (κ3) is 2.93. The van der Waals surface area contributed by atoms with Crippen LogP contribution in [0.1, 0.15) is 35.8 Å². The minimum absolute atomic E-state index is 0.122. The van der Waals surface area contributed by atoms with Gasteiger partial charge in [-0.15, -0.1) is 0 Å². The summed E-state index contributed by atoms with van der Waals surface area (Å²) in [5.41, 5.74) is 2.91. The van der Waals surface area contributed by atoms with Crippen LogP contribution < -0.4 is 0 Å². The van der Waals surface area contributed by atoms with Crippen molar-refractivity contribution in [3.8, 4) is 0 Å². The molecule has 0 spiro atoms. The first-order valence-electron chi connectivity index (χ1n) is 8.68. The highest BCUT2D eigenvalue weighted by Gasteiger charge is 2.28. The Hall–Kier alpha value is -1.52. The van der Waals surface area contributed by atoms with Gasteiger partial charge in [0.15, 0.2) is 0 Å². The van der Waals surface area contributed by atoms with E-state index >= 15 is 0 Å². The summed E-state index contributed by atoms with van der Waals surface area (Å²) in [6, 6.07) is 6.19. The molecule has 1 aliphatic heterocycles. The molecule has 3 rings (SSSR count). The summed E-state index contributed by atoms with van der Waals surface area (Å²) >= 11 is 6.16. The first kappa shape index (κ1) is 17.3. The average Bonchev–Trinajstić information content (AvgIpc) is 2.86. The molecule has 4 nitrogen and oxygen atoms in total. The Morgan fingerprint density at radius 3 is 2.62 bits per heavy atom. The third-order valence-corrected chi connectivity index (χ3v) is 5.59. The van der Waals surface area contributed by atoms with E-state index in [0.717, 1.165) is 54.6 Å².